The lowest BCUT2D eigenvalue weighted by Crippen LogP contribution is -2.15. The fourth-order valence-electron chi connectivity index (χ4n) is 2.74. The van der Waals surface area contributed by atoms with Gasteiger partial charge in [-0.2, -0.15) is 0 Å². The molecule has 0 aliphatic carbocycles. The summed E-state index contributed by atoms with van der Waals surface area (Å²) < 4.78 is 38.2. The maximum atomic E-state index is 13.0. The molecule has 0 heterocycles. The standard InChI is InChI=1S/C21H16ClNO6S/c1-28-18-9-8-14(13-6-4-3-5-7-13)10-17(18)23-30(26,27)19-12-15(22)11-16(20(19)24)21(25)29-2/h4,6-12,23-24H,1-2H3. The van der Waals surface area contributed by atoms with Crippen molar-refractivity contribution in [2.75, 3.05) is 18.9 Å². The Hall–Kier alpha value is -3.41. The number of rotatable bonds is 6. The number of ether oxygens (including phenoxy) is 2. The Kier molecular flexibility index (Phi) is 6.06. The summed E-state index contributed by atoms with van der Waals surface area (Å²) in [4.78, 5) is 11.3. The SMILES string of the molecule is COC(=O)c1cc(Cl)cc(S(=O)(=O)Nc2cc(-c3cc#ccc3)ccc2OC)c1O. The fourth-order valence-corrected chi connectivity index (χ4v) is 4.23. The van der Waals surface area contributed by atoms with Crippen molar-refractivity contribution in [2.45, 2.75) is 4.90 Å². The molecule has 7 nitrogen and oxygen atoms in total. The van der Waals surface area contributed by atoms with Gasteiger partial charge in [-0.15, -0.1) is 0 Å². The van der Waals surface area contributed by atoms with Gasteiger partial charge in [-0.25, -0.2) is 13.2 Å². The van der Waals surface area contributed by atoms with Crippen molar-refractivity contribution >= 4 is 33.3 Å². The van der Waals surface area contributed by atoms with Crippen molar-refractivity contribution in [3.8, 4) is 22.6 Å². The Balaban J connectivity index is 2.08. The molecule has 0 bridgehead atoms. The van der Waals surface area contributed by atoms with Crippen LogP contribution in [0.2, 0.25) is 5.02 Å². The van der Waals surface area contributed by atoms with E-state index in [2.05, 4.69) is 21.6 Å². The van der Waals surface area contributed by atoms with Crippen LogP contribution in [-0.4, -0.2) is 33.7 Å². The summed E-state index contributed by atoms with van der Waals surface area (Å²) in [6.45, 7) is 0. The zero-order valence-electron chi connectivity index (χ0n) is 15.9. The van der Waals surface area contributed by atoms with E-state index in [1.165, 1.54) is 7.11 Å². The number of carbonyl (C=O) groups excluding carboxylic acids is 1. The van der Waals surface area contributed by atoms with Gasteiger partial charge in [0.05, 0.1) is 19.9 Å². The number of hydrogen-bond acceptors (Lipinski definition) is 6. The average Bonchev–Trinajstić information content (AvgIpc) is 2.74. The topological polar surface area (TPSA) is 102 Å². The number of methoxy groups -OCH3 is 2. The number of carbonyl (C=O) groups is 1. The number of phenols is 1. The zero-order chi connectivity index (χ0) is 21.9. The van der Waals surface area contributed by atoms with E-state index in [0.717, 1.165) is 24.8 Å². The Labute approximate surface area is 178 Å². The lowest BCUT2D eigenvalue weighted by atomic mass is 10.1. The molecule has 30 heavy (non-hydrogen) atoms. The van der Waals surface area contributed by atoms with Crippen LogP contribution in [-0.2, 0) is 14.8 Å². The quantitative estimate of drug-likeness (QED) is 0.558. The summed E-state index contributed by atoms with van der Waals surface area (Å²) in [5, 5.41) is 10.3. The monoisotopic (exact) mass is 445 g/mol. The number of nitrogens with one attached hydrogen (secondary N) is 1. The predicted molar refractivity (Wildman–Crippen MR) is 111 cm³/mol. The van der Waals surface area contributed by atoms with Crippen molar-refractivity contribution < 1.29 is 27.8 Å². The molecule has 0 saturated heterocycles. The maximum Gasteiger partial charge on any atom is 0.341 e. The summed E-state index contributed by atoms with van der Waals surface area (Å²) in [7, 11) is -1.85. The molecule has 3 aromatic carbocycles. The zero-order valence-corrected chi connectivity index (χ0v) is 17.5. The minimum atomic E-state index is -4.35. The molecule has 0 amide bonds. The summed E-state index contributed by atoms with van der Waals surface area (Å²) in [6, 6.07) is 17.9. The summed E-state index contributed by atoms with van der Waals surface area (Å²) in [5.41, 5.74) is 1.24. The Morgan fingerprint density at radius 2 is 1.87 bits per heavy atom. The van der Waals surface area contributed by atoms with E-state index in [0.29, 0.717) is 5.56 Å². The Morgan fingerprint density at radius 3 is 2.50 bits per heavy atom. The van der Waals surface area contributed by atoms with Gasteiger partial charge in [-0.3, -0.25) is 4.72 Å². The van der Waals surface area contributed by atoms with Crippen LogP contribution in [0.3, 0.4) is 0 Å². The van der Waals surface area contributed by atoms with Crippen LogP contribution in [0.4, 0.5) is 5.69 Å². The molecule has 0 saturated carbocycles. The Bertz CT molecular complexity index is 1200. The minimum Gasteiger partial charge on any atom is -0.506 e. The molecule has 0 fully saturated rings. The van der Waals surface area contributed by atoms with E-state index >= 15 is 0 Å². The maximum absolute atomic E-state index is 13.0. The lowest BCUT2D eigenvalue weighted by molar-refractivity contribution is 0.0597. The van der Waals surface area contributed by atoms with Crippen molar-refractivity contribution in [2.24, 2.45) is 0 Å². The highest BCUT2D eigenvalue weighted by molar-refractivity contribution is 7.92. The molecule has 3 aromatic rings. The molecule has 0 atom stereocenters. The van der Waals surface area contributed by atoms with E-state index in [4.69, 9.17) is 16.3 Å². The molecule has 0 radical (unpaired) electrons. The van der Waals surface area contributed by atoms with Crippen LogP contribution in [0.15, 0.2) is 53.4 Å². The number of benzene rings is 2. The van der Waals surface area contributed by atoms with Crippen LogP contribution in [0.1, 0.15) is 10.4 Å². The number of aromatic hydroxyl groups is 1. The van der Waals surface area contributed by atoms with Crippen LogP contribution in [0.25, 0.3) is 11.1 Å². The second kappa shape index (κ2) is 8.53. The third-order valence-electron chi connectivity index (χ3n) is 4.17. The third kappa shape index (κ3) is 4.27. The molecule has 0 spiro atoms. The second-order valence-corrected chi connectivity index (χ2v) is 8.12. The second-order valence-electron chi connectivity index (χ2n) is 6.03. The van der Waals surface area contributed by atoms with E-state index in [1.54, 1.807) is 36.4 Å². The van der Waals surface area contributed by atoms with Gasteiger partial charge in [0, 0.05) is 5.02 Å². The van der Waals surface area contributed by atoms with Gasteiger partial charge >= 0.3 is 5.97 Å². The summed E-state index contributed by atoms with van der Waals surface area (Å²) >= 11 is 5.95. The first kappa shape index (κ1) is 21.3. The van der Waals surface area contributed by atoms with Gasteiger partial charge in [0.2, 0.25) is 0 Å². The Morgan fingerprint density at radius 1 is 1.10 bits per heavy atom. The molecule has 0 aliphatic rings. The molecule has 0 unspecified atom stereocenters. The molecule has 154 valence electrons. The van der Waals surface area contributed by atoms with Crippen LogP contribution >= 0.6 is 11.6 Å². The van der Waals surface area contributed by atoms with Crippen LogP contribution in [0.5, 0.6) is 11.5 Å². The highest BCUT2D eigenvalue weighted by Crippen LogP contribution is 2.36. The fraction of sp³-hybridized carbons (Fsp3) is 0.0952. The van der Waals surface area contributed by atoms with Gasteiger partial charge in [-0.1, -0.05) is 29.8 Å². The molecule has 0 aliphatic heterocycles. The van der Waals surface area contributed by atoms with Gasteiger partial charge in [0.25, 0.3) is 10.0 Å². The van der Waals surface area contributed by atoms with Crippen molar-refractivity contribution in [3.05, 3.63) is 71.2 Å². The number of sulfonamides is 1. The van der Waals surface area contributed by atoms with Crippen molar-refractivity contribution in [1.82, 2.24) is 0 Å². The highest BCUT2D eigenvalue weighted by atomic mass is 35.5. The smallest absolute Gasteiger partial charge is 0.341 e. The highest BCUT2D eigenvalue weighted by Gasteiger charge is 2.26. The van der Waals surface area contributed by atoms with E-state index in [-0.39, 0.29) is 22.0 Å². The first-order valence-electron chi connectivity index (χ1n) is 8.46. The number of halogens is 1. The number of esters is 1. The summed E-state index contributed by atoms with van der Waals surface area (Å²) in [6.07, 6.45) is 0. The molecule has 3 rings (SSSR count). The number of anilines is 1. The molecule has 2 N–H and O–H groups in total. The number of hydrogen-bond donors (Lipinski definition) is 2. The minimum absolute atomic E-state index is 0.0645. The van der Waals surface area contributed by atoms with Gasteiger partial charge in [0.15, 0.2) is 5.75 Å². The first-order valence-corrected chi connectivity index (χ1v) is 10.3. The van der Waals surface area contributed by atoms with Crippen LogP contribution < -0.4 is 9.46 Å². The predicted octanol–water partition coefficient (Wildman–Crippen LogP) is 3.91. The number of phenolic OH excluding ortho intramolecular Hbond substituents is 1. The van der Waals surface area contributed by atoms with Crippen LogP contribution in [0, 0.1) is 12.1 Å². The van der Waals surface area contributed by atoms with Crippen molar-refractivity contribution in [1.29, 1.82) is 0 Å². The first-order chi connectivity index (χ1) is 14.3. The third-order valence-corrected chi connectivity index (χ3v) is 5.77. The summed E-state index contributed by atoms with van der Waals surface area (Å²) in [5.74, 6) is -1.45. The normalized spacial score (nSPS) is 10.8. The van der Waals surface area contributed by atoms with E-state index in [9.17, 15) is 18.3 Å². The van der Waals surface area contributed by atoms with E-state index in [1.807, 2.05) is 0 Å². The van der Waals surface area contributed by atoms with Gasteiger partial charge in [0.1, 0.15) is 16.2 Å². The lowest BCUT2D eigenvalue weighted by Gasteiger charge is -2.15. The van der Waals surface area contributed by atoms with E-state index < -0.39 is 26.6 Å². The van der Waals surface area contributed by atoms with Gasteiger partial charge in [-0.05, 0) is 53.6 Å². The largest absolute Gasteiger partial charge is 0.506 e. The average molecular weight is 446 g/mol. The van der Waals surface area contributed by atoms with Gasteiger partial charge < -0.3 is 14.6 Å². The molecule has 0 aromatic heterocycles. The molecule has 9 heteroatoms. The molecular weight excluding hydrogens is 430 g/mol. The molecular formula is C21H16ClNO6S. The van der Waals surface area contributed by atoms with Crippen molar-refractivity contribution in [3.63, 3.8) is 0 Å².